The Morgan fingerprint density at radius 1 is 1.16 bits per heavy atom. The molecule has 1 rings (SSSR count). The largest absolute Gasteiger partial charge is 0.493 e. The fourth-order valence-corrected chi connectivity index (χ4v) is 2.36. The number of amides is 1. The Hall–Kier alpha value is -2.08. The predicted octanol–water partition coefficient (Wildman–Crippen LogP) is 3.80. The number of hydrogen-bond donors (Lipinski definition) is 1. The maximum atomic E-state index is 12.5. The van der Waals surface area contributed by atoms with Crippen LogP contribution in [0.1, 0.15) is 57.3 Å². The number of benzene rings is 1. The van der Waals surface area contributed by atoms with E-state index in [1.807, 2.05) is 13.8 Å². The topological polar surface area (TPSA) is 73.9 Å². The molecule has 6 heteroatoms. The molecule has 25 heavy (non-hydrogen) atoms. The summed E-state index contributed by atoms with van der Waals surface area (Å²) < 4.78 is 16.1. The molecule has 140 valence electrons. The zero-order valence-corrected chi connectivity index (χ0v) is 15.8. The van der Waals surface area contributed by atoms with E-state index in [0.717, 1.165) is 12.8 Å². The number of carbonyl (C=O) groups excluding carboxylic acids is 2. The average molecular weight is 351 g/mol. The number of ether oxygens (including phenoxy) is 3. The quantitative estimate of drug-likeness (QED) is 0.649. The number of nitrogens with one attached hydrogen (secondary N) is 1. The van der Waals surface area contributed by atoms with Crippen molar-refractivity contribution in [1.82, 2.24) is 0 Å². The molecule has 0 aromatic heterocycles. The SMILES string of the molecule is CCCOc1ccc(NC(=O)[C@](C)(CCC)OC)cc1C(=O)OCC. The van der Waals surface area contributed by atoms with E-state index in [4.69, 9.17) is 14.2 Å². The summed E-state index contributed by atoms with van der Waals surface area (Å²) in [6.07, 6.45) is 2.23. The molecule has 0 radical (unpaired) electrons. The van der Waals surface area contributed by atoms with Crippen LogP contribution in [0.3, 0.4) is 0 Å². The Bertz CT molecular complexity index is 587. The Balaban J connectivity index is 3.06. The van der Waals surface area contributed by atoms with Gasteiger partial charge in [-0.2, -0.15) is 0 Å². The van der Waals surface area contributed by atoms with Gasteiger partial charge in [0, 0.05) is 12.8 Å². The summed E-state index contributed by atoms with van der Waals surface area (Å²) in [5.74, 6) is -0.289. The molecule has 0 saturated carbocycles. The van der Waals surface area contributed by atoms with Crippen LogP contribution >= 0.6 is 0 Å². The normalized spacial score (nSPS) is 13.0. The van der Waals surface area contributed by atoms with Crippen molar-refractivity contribution < 1.29 is 23.8 Å². The van der Waals surface area contributed by atoms with Gasteiger partial charge in [-0.15, -0.1) is 0 Å². The summed E-state index contributed by atoms with van der Waals surface area (Å²) in [6.45, 7) is 8.22. The minimum absolute atomic E-state index is 0.256. The minimum Gasteiger partial charge on any atom is -0.493 e. The molecule has 1 aromatic carbocycles. The van der Waals surface area contributed by atoms with E-state index in [2.05, 4.69) is 5.32 Å². The van der Waals surface area contributed by atoms with Crippen LogP contribution in [0, 0.1) is 0 Å². The third kappa shape index (κ3) is 5.74. The number of rotatable bonds is 10. The number of anilines is 1. The lowest BCUT2D eigenvalue weighted by Gasteiger charge is -2.26. The zero-order chi connectivity index (χ0) is 18.9. The van der Waals surface area contributed by atoms with E-state index in [0.29, 0.717) is 30.0 Å². The van der Waals surface area contributed by atoms with Crippen molar-refractivity contribution in [3.8, 4) is 5.75 Å². The second-order valence-corrected chi connectivity index (χ2v) is 5.92. The van der Waals surface area contributed by atoms with Crippen molar-refractivity contribution in [3.63, 3.8) is 0 Å². The van der Waals surface area contributed by atoms with Crippen LogP contribution in [0.5, 0.6) is 5.75 Å². The molecule has 0 aliphatic rings. The predicted molar refractivity (Wildman–Crippen MR) is 97.1 cm³/mol. The molecule has 1 aromatic rings. The summed E-state index contributed by atoms with van der Waals surface area (Å²) in [6, 6.07) is 4.94. The molecular weight excluding hydrogens is 322 g/mol. The first-order valence-corrected chi connectivity index (χ1v) is 8.72. The van der Waals surface area contributed by atoms with E-state index in [1.165, 1.54) is 7.11 Å². The molecule has 1 amide bonds. The van der Waals surface area contributed by atoms with Gasteiger partial charge in [-0.25, -0.2) is 4.79 Å². The van der Waals surface area contributed by atoms with E-state index < -0.39 is 11.6 Å². The van der Waals surface area contributed by atoms with Crippen molar-refractivity contribution >= 4 is 17.6 Å². The van der Waals surface area contributed by atoms with E-state index in [1.54, 1.807) is 32.0 Å². The molecule has 0 fully saturated rings. The highest BCUT2D eigenvalue weighted by atomic mass is 16.5. The van der Waals surface area contributed by atoms with Gasteiger partial charge in [0.15, 0.2) is 0 Å². The summed E-state index contributed by atoms with van der Waals surface area (Å²) in [7, 11) is 1.51. The van der Waals surface area contributed by atoms with Crippen LogP contribution in [0.25, 0.3) is 0 Å². The van der Waals surface area contributed by atoms with Crippen LogP contribution < -0.4 is 10.1 Å². The Morgan fingerprint density at radius 2 is 1.88 bits per heavy atom. The fraction of sp³-hybridized carbons (Fsp3) is 0.579. The van der Waals surface area contributed by atoms with Gasteiger partial charge in [-0.1, -0.05) is 20.3 Å². The van der Waals surface area contributed by atoms with Gasteiger partial charge in [0.1, 0.15) is 16.9 Å². The second kappa shape index (κ2) is 10.0. The van der Waals surface area contributed by atoms with Crippen molar-refractivity contribution in [2.45, 2.75) is 52.6 Å². The maximum absolute atomic E-state index is 12.5. The van der Waals surface area contributed by atoms with Crippen LogP contribution in [-0.2, 0) is 14.3 Å². The Morgan fingerprint density at radius 3 is 2.44 bits per heavy atom. The van der Waals surface area contributed by atoms with Gasteiger partial charge >= 0.3 is 5.97 Å². The molecule has 0 aliphatic carbocycles. The maximum Gasteiger partial charge on any atom is 0.341 e. The zero-order valence-electron chi connectivity index (χ0n) is 15.8. The molecule has 0 spiro atoms. The van der Waals surface area contributed by atoms with Crippen molar-refractivity contribution in [2.24, 2.45) is 0 Å². The summed E-state index contributed by atoms with van der Waals surface area (Å²) in [4.78, 5) is 24.7. The lowest BCUT2D eigenvalue weighted by atomic mass is 9.99. The van der Waals surface area contributed by atoms with Gasteiger partial charge < -0.3 is 19.5 Å². The lowest BCUT2D eigenvalue weighted by molar-refractivity contribution is -0.136. The van der Waals surface area contributed by atoms with Crippen LogP contribution in [0.15, 0.2) is 18.2 Å². The molecule has 6 nitrogen and oxygen atoms in total. The van der Waals surface area contributed by atoms with Gasteiger partial charge in [-0.05, 0) is 44.9 Å². The van der Waals surface area contributed by atoms with Gasteiger partial charge in [0.05, 0.1) is 13.2 Å². The number of carbonyl (C=O) groups is 2. The average Bonchev–Trinajstić information content (AvgIpc) is 2.60. The second-order valence-electron chi connectivity index (χ2n) is 5.92. The van der Waals surface area contributed by atoms with Crippen LogP contribution in [0.2, 0.25) is 0 Å². The highest BCUT2D eigenvalue weighted by Crippen LogP contribution is 2.26. The molecule has 1 N–H and O–H groups in total. The third-order valence-corrected chi connectivity index (χ3v) is 3.85. The van der Waals surface area contributed by atoms with Crippen LogP contribution in [0.4, 0.5) is 5.69 Å². The fourth-order valence-electron chi connectivity index (χ4n) is 2.36. The standard InChI is InChI=1S/C19H29NO5/c1-6-11-19(4,23-5)18(22)20-14-9-10-16(25-12-7-2)15(13-14)17(21)24-8-3/h9-10,13H,6-8,11-12H2,1-5H3,(H,20,22)/t19-/m0/s1. The lowest BCUT2D eigenvalue weighted by Crippen LogP contribution is -2.41. The van der Waals surface area contributed by atoms with Crippen molar-refractivity contribution in [3.05, 3.63) is 23.8 Å². The highest BCUT2D eigenvalue weighted by Gasteiger charge is 2.32. The highest BCUT2D eigenvalue weighted by molar-refractivity contribution is 5.99. The Kier molecular flexibility index (Phi) is 8.41. The molecule has 0 aliphatic heterocycles. The van der Waals surface area contributed by atoms with Gasteiger partial charge in [-0.3, -0.25) is 4.79 Å². The first-order valence-electron chi connectivity index (χ1n) is 8.72. The molecule has 0 bridgehead atoms. The smallest absolute Gasteiger partial charge is 0.341 e. The number of esters is 1. The molecule has 0 saturated heterocycles. The van der Waals surface area contributed by atoms with Crippen molar-refractivity contribution in [2.75, 3.05) is 25.6 Å². The van der Waals surface area contributed by atoms with Gasteiger partial charge in [0.25, 0.3) is 5.91 Å². The van der Waals surface area contributed by atoms with E-state index >= 15 is 0 Å². The number of hydrogen-bond acceptors (Lipinski definition) is 5. The Labute approximate surface area is 149 Å². The van der Waals surface area contributed by atoms with E-state index in [9.17, 15) is 9.59 Å². The molecular formula is C19H29NO5. The third-order valence-electron chi connectivity index (χ3n) is 3.85. The molecule has 0 heterocycles. The molecule has 1 atom stereocenters. The summed E-state index contributed by atoms with van der Waals surface area (Å²) in [5, 5.41) is 2.81. The van der Waals surface area contributed by atoms with Crippen LogP contribution in [-0.4, -0.2) is 37.8 Å². The minimum atomic E-state index is -0.920. The first-order chi connectivity index (χ1) is 11.9. The summed E-state index contributed by atoms with van der Waals surface area (Å²) >= 11 is 0. The number of methoxy groups -OCH3 is 1. The monoisotopic (exact) mass is 351 g/mol. The van der Waals surface area contributed by atoms with Gasteiger partial charge in [0.2, 0.25) is 0 Å². The van der Waals surface area contributed by atoms with Crippen molar-refractivity contribution in [1.29, 1.82) is 0 Å². The first kappa shape index (κ1) is 21.0. The van der Waals surface area contributed by atoms with E-state index in [-0.39, 0.29) is 12.5 Å². The summed E-state index contributed by atoms with van der Waals surface area (Å²) in [5.41, 5.74) is -0.130. The molecule has 0 unspecified atom stereocenters.